The largest absolute Gasteiger partial charge is 0.468 e. The van der Waals surface area contributed by atoms with E-state index in [0.717, 1.165) is 0 Å². The summed E-state index contributed by atoms with van der Waals surface area (Å²) in [5.41, 5.74) is 1.32. The lowest BCUT2D eigenvalue weighted by molar-refractivity contribution is -0.138. The normalized spacial score (nSPS) is 10.5. The molecule has 208 valence electrons. The Kier molecular flexibility index (Phi) is 12.3. The van der Waals surface area contributed by atoms with Crippen LogP contribution in [0.4, 0.5) is 22.2 Å². The van der Waals surface area contributed by atoms with Gasteiger partial charge in [0.25, 0.3) is 5.91 Å². The van der Waals surface area contributed by atoms with Crippen LogP contribution in [-0.4, -0.2) is 80.0 Å². The minimum Gasteiger partial charge on any atom is -0.468 e. The van der Waals surface area contributed by atoms with Crippen molar-refractivity contribution in [2.24, 2.45) is 0 Å². The van der Waals surface area contributed by atoms with Gasteiger partial charge in [0.05, 0.1) is 33.5 Å². The van der Waals surface area contributed by atoms with Crippen molar-refractivity contribution in [1.82, 2.24) is 20.3 Å². The number of rotatable bonds is 17. The van der Waals surface area contributed by atoms with Gasteiger partial charge in [0.2, 0.25) is 17.8 Å². The van der Waals surface area contributed by atoms with Crippen LogP contribution in [0.15, 0.2) is 54.6 Å². The summed E-state index contributed by atoms with van der Waals surface area (Å²) < 4.78 is 29.1. The van der Waals surface area contributed by atoms with Gasteiger partial charge in [0, 0.05) is 25.2 Å². The van der Waals surface area contributed by atoms with Crippen molar-refractivity contribution in [2.45, 2.75) is 6.54 Å². The number of nitrogens with zero attached hydrogens (tertiary/aromatic N) is 3. The topological polar surface area (TPSA) is 149 Å². The van der Waals surface area contributed by atoms with Crippen LogP contribution in [-0.2, 0) is 25.5 Å². The number of benzene rings is 2. The highest BCUT2D eigenvalue weighted by molar-refractivity contribution is 5.94. The summed E-state index contributed by atoms with van der Waals surface area (Å²) in [6.07, 6.45) is 0. The van der Waals surface area contributed by atoms with Gasteiger partial charge >= 0.3 is 5.97 Å². The number of aromatic nitrogens is 3. The van der Waals surface area contributed by atoms with E-state index in [-0.39, 0.29) is 42.7 Å². The summed E-state index contributed by atoms with van der Waals surface area (Å²) in [6, 6.07) is 15.1. The fourth-order valence-corrected chi connectivity index (χ4v) is 3.15. The molecular weight excluding hydrogens is 509 g/mol. The molecule has 0 spiro atoms. The van der Waals surface area contributed by atoms with Gasteiger partial charge in [-0.2, -0.15) is 15.0 Å². The molecule has 1 heterocycles. The maximum atomic E-state index is 13.5. The zero-order valence-electron chi connectivity index (χ0n) is 21.6. The van der Waals surface area contributed by atoms with Crippen molar-refractivity contribution >= 4 is 29.7 Å². The molecule has 13 heteroatoms. The van der Waals surface area contributed by atoms with Crippen LogP contribution in [0.1, 0.15) is 15.9 Å². The van der Waals surface area contributed by atoms with E-state index in [1.807, 2.05) is 18.2 Å². The lowest BCUT2D eigenvalue weighted by Crippen LogP contribution is -2.27. The average Bonchev–Trinajstić information content (AvgIpc) is 2.96. The van der Waals surface area contributed by atoms with Crippen molar-refractivity contribution in [3.63, 3.8) is 0 Å². The van der Waals surface area contributed by atoms with E-state index in [1.165, 1.54) is 19.2 Å². The number of nitrogens with one attached hydrogen (secondary N) is 4. The summed E-state index contributed by atoms with van der Waals surface area (Å²) in [4.78, 5) is 36.2. The van der Waals surface area contributed by atoms with Crippen molar-refractivity contribution in [3.05, 3.63) is 71.5 Å². The van der Waals surface area contributed by atoms with E-state index < -0.39 is 5.97 Å². The first-order valence-corrected chi connectivity index (χ1v) is 12.3. The van der Waals surface area contributed by atoms with Crippen LogP contribution in [0.25, 0.3) is 0 Å². The average molecular weight is 542 g/mol. The second-order valence-corrected chi connectivity index (χ2v) is 7.99. The van der Waals surface area contributed by atoms with Gasteiger partial charge in [-0.3, -0.25) is 9.59 Å². The number of ether oxygens (including phenoxy) is 3. The Morgan fingerprint density at radius 2 is 1.46 bits per heavy atom. The molecule has 0 radical (unpaired) electrons. The summed E-state index contributed by atoms with van der Waals surface area (Å²) in [5.74, 6) is -0.309. The van der Waals surface area contributed by atoms with Gasteiger partial charge in [0.1, 0.15) is 12.4 Å². The molecule has 0 saturated carbocycles. The molecule has 0 aliphatic rings. The Morgan fingerprint density at radius 1 is 0.795 bits per heavy atom. The highest BCUT2D eigenvalue weighted by Gasteiger charge is 2.09. The SMILES string of the molecule is COC(=O)CNc1nc(NCCOCCOCCNC(=O)c2ccccc2)nc(NCc2cccc(F)c2)n1. The van der Waals surface area contributed by atoms with E-state index in [9.17, 15) is 14.0 Å². The molecule has 0 bridgehead atoms. The molecule has 3 rings (SSSR count). The number of anilines is 3. The Balaban J connectivity index is 1.36. The number of hydrogen-bond donors (Lipinski definition) is 4. The number of amides is 1. The third kappa shape index (κ3) is 11.3. The predicted molar refractivity (Wildman–Crippen MR) is 143 cm³/mol. The summed E-state index contributed by atoms with van der Waals surface area (Å²) in [7, 11) is 1.28. The molecule has 1 amide bonds. The molecule has 4 N–H and O–H groups in total. The van der Waals surface area contributed by atoms with Crippen LogP contribution in [0, 0.1) is 5.82 Å². The predicted octanol–water partition coefficient (Wildman–Crippen LogP) is 2.08. The molecule has 12 nitrogen and oxygen atoms in total. The lowest BCUT2D eigenvalue weighted by atomic mass is 10.2. The monoisotopic (exact) mass is 541 g/mol. The summed E-state index contributed by atoms with van der Waals surface area (Å²) in [6.45, 7) is 2.45. The quantitative estimate of drug-likeness (QED) is 0.147. The molecule has 0 aliphatic heterocycles. The number of esters is 1. The van der Waals surface area contributed by atoms with Gasteiger partial charge in [-0.15, -0.1) is 0 Å². The summed E-state index contributed by atoms with van der Waals surface area (Å²) >= 11 is 0. The molecule has 0 aliphatic carbocycles. The van der Waals surface area contributed by atoms with Crippen LogP contribution in [0.3, 0.4) is 0 Å². The molecule has 1 aromatic heterocycles. The van der Waals surface area contributed by atoms with Gasteiger partial charge < -0.3 is 35.5 Å². The first kappa shape index (κ1) is 29.2. The molecule has 0 fully saturated rings. The Morgan fingerprint density at radius 3 is 2.15 bits per heavy atom. The first-order chi connectivity index (χ1) is 19.0. The summed E-state index contributed by atoms with van der Waals surface area (Å²) in [5, 5.41) is 11.6. The molecular formula is C26H32FN7O5. The molecule has 3 aromatic rings. The molecule has 2 aromatic carbocycles. The van der Waals surface area contributed by atoms with Crippen LogP contribution in [0.5, 0.6) is 0 Å². The minimum atomic E-state index is -0.478. The molecule has 0 atom stereocenters. The Labute approximate surface area is 225 Å². The number of carbonyl (C=O) groups excluding carboxylic acids is 2. The fourth-order valence-electron chi connectivity index (χ4n) is 3.15. The smallest absolute Gasteiger partial charge is 0.325 e. The number of hydrogen-bond acceptors (Lipinski definition) is 11. The second kappa shape index (κ2) is 16.5. The zero-order valence-corrected chi connectivity index (χ0v) is 21.6. The highest BCUT2D eigenvalue weighted by Crippen LogP contribution is 2.11. The van der Waals surface area contributed by atoms with Gasteiger partial charge in [-0.1, -0.05) is 30.3 Å². The van der Waals surface area contributed by atoms with E-state index in [0.29, 0.717) is 50.6 Å². The third-order valence-electron chi connectivity index (χ3n) is 5.06. The van der Waals surface area contributed by atoms with Crippen molar-refractivity contribution in [2.75, 3.05) is 69.1 Å². The number of methoxy groups -OCH3 is 1. The van der Waals surface area contributed by atoms with Crippen LogP contribution in [0.2, 0.25) is 0 Å². The Hall–Kier alpha value is -4.36. The number of carbonyl (C=O) groups is 2. The van der Waals surface area contributed by atoms with E-state index >= 15 is 0 Å². The molecule has 0 saturated heterocycles. The van der Waals surface area contributed by atoms with Gasteiger partial charge in [-0.25, -0.2) is 4.39 Å². The van der Waals surface area contributed by atoms with E-state index in [1.54, 1.807) is 24.3 Å². The van der Waals surface area contributed by atoms with Crippen LogP contribution < -0.4 is 21.3 Å². The highest BCUT2D eigenvalue weighted by atomic mass is 19.1. The lowest BCUT2D eigenvalue weighted by Gasteiger charge is -2.11. The molecule has 39 heavy (non-hydrogen) atoms. The third-order valence-corrected chi connectivity index (χ3v) is 5.06. The van der Waals surface area contributed by atoms with Gasteiger partial charge in [-0.05, 0) is 29.8 Å². The van der Waals surface area contributed by atoms with Crippen molar-refractivity contribution < 1.29 is 28.2 Å². The maximum absolute atomic E-state index is 13.5. The van der Waals surface area contributed by atoms with Crippen molar-refractivity contribution in [3.8, 4) is 0 Å². The number of halogens is 1. The zero-order chi connectivity index (χ0) is 27.7. The maximum Gasteiger partial charge on any atom is 0.325 e. The Bertz CT molecular complexity index is 1190. The fraction of sp³-hybridized carbons (Fsp3) is 0.346. The molecule has 0 unspecified atom stereocenters. The van der Waals surface area contributed by atoms with Crippen LogP contribution >= 0.6 is 0 Å². The first-order valence-electron chi connectivity index (χ1n) is 12.3. The standard InChI is InChI=1S/C26H32FN7O5/c1-37-22(35)18-31-26-33-24(32-25(34-26)30-17-19-6-5-9-21(27)16-19)29-11-13-39-15-14-38-12-10-28-23(36)20-7-3-2-4-8-20/h2-9,16H,10-15,17-18H2,1H3,(H,28,36)(H3,29,30,31,32,33,34). The second-order valence-electron chi connectivity index (χ2n) is 7.99. The van der Waals surface area contributed by atoms with Crippen molar-refractivity contribution in [1.29, 1.82) is 0 Å². The van der Waals surface area contributed by atoms with Gasteiger partial charge in [0.15, 0.2) is 0 Å². The van der Waals surface area contributed by atoms with E-state index in [4.69, 9.17) is 9.47 Å². The minimum absolute atomic E-state index is 0.123. The van der Waals surface area contributed by atoms with E-state index in [2.05, 4.69) is 41.0 Å².